The number of anilines is 2. The smallest absolute Gasteiger partial charge is 0.394 e. The Hall–Kier alpha value is -1.63. The first kappa shape index (κ1) is 25.3. The predicted molar refractivity (Wildman–Crippen MR) is 66.8 cm³/mol. The lowest BCUT2D eigenvalue weighted by Crippen LogP contribution is -1.93. The normalized spacial score (nSPS) is 8.39. The highest BCUT2D eigenvalue weighted by molar-refractivity contribution is 7.79. The Balaban J connectivity index is -0.000000109. The van der Waals surface area contributed by atoms with Gasteiger partial charge in [0.25, 0.3) is 0 Å². The van der Waals surface area contributed by atoms with Gasteiger partial charge in [-0.25, -0.2) is 0 Å². The van der Waals surface area contributed by atoms with Crippen LogP contribution in [-0.4, -0.2) is 41.1 Å². The first-order valence-corrected chi connectivity index (χ1v) is 5.02. The minimum Gasteiger partial charge on any atom is -0.495 e. The van der Waals surface area contributed by atoms with Crippen LogP contribution in [0.2, 0.25) is 0 Å². The molecule has 0 aliphatic rings. The molecule has 0 radical (unpaired) electrons. The Morgan fingerprint density at radius 1 is 1.11 bits per heavy atom. The van der Waals surface area contributed by atoms with Gasteiger partial charge in [-0.2, -0.15) is 8.42 Å². The zero-order valence-electron chi connectivity index (χ0n) is 9.41. The highest BCUT2D eigenvalue weighted by Crippen LogP contribution is 2.22. The van der Waals surface area contributed by atoms with Crippen molar-refractivity contribution < 1.29 is 38.7 Å². The molecule has 0 spiro atoms. The molecule has 0 saturated heterocycles. The van der Waals surface area contributed by atoms with Crippen LogP contribution in [0, 0.1) is 0 Å². The maximum Gasteiger partial charge on any atom is 0.394 e. The van der Waals surface area contributed by atoms with Gasteiger partial charge in [-0.15, -0.1) is 0 Å². The first-order chi connectivity index (χ1) is 6.74. The van der Waals surface area contributed by atoms with E-state index >= 15 is 0 Å². The van der Waals surface area contributed by atoms with Crippen LogP contribution in [0.1, 0.15) is 0 Å². The summed E-state index contributed by atoms with van der Waals surface area (Å²) in [6.07, 6.45) is 0. The van der Waals surface area contributed by atoms with Gasteiger partial charge in [-0.1, -0.05) is 0 Å². The van der Waals surface area contributed by atoms with E-state index in [-0.39, 0.29) is 16.4 Å². The molecule has 110 valence electrons. The molecule has 1 aromatic rings. The van der Waals surface area contributed by atoms with Gasteiger partial charge >= 0.3 is 10.4 Å². The van der Waals surface area contributed by atoms with Crippen LogP contribution in [0.5, 0.6) is 5.75 Å². The van der Waals surface area contributed by atoms with Crippen molar-refractivity contribution in [2.45, 2.75) is 0 Å². The highest BCUT2D eigenvalue weighted by Gasteiger charge is 1.96. The summed E-state index contributed by atoms with van der Waals surface area (Å²) in [4.78, 5) is 0. The molecular weight excluding hydrogens is 272 g/mol. The molecule has 0 aliphatic heterocycles. The van der Waals surface area contributed by atoms with Crippen molar-refractivity contribution in [1.29, 1.82) is 0 Å². The van der Waals surface area contributed by atoms with Gasteiger partial charge in [0, 0.05) is 5.69 Å². The summed E-state index contributed by atoms with van der Waals surface area (Å²) in [5, 5.41) is 0. The molecule has 1 rings (SSSR count). The molecule has 0 unspecified atom stereocenters. The maximum atomic E-state index is 8.74. The van der Waals surface area contributed by atoms with Crippen molar-refractivity contribution in [3.63, 3.8) is 0 Å². The van der Waals surface area contributed by atoms with E-state index in [4.69, 9.17) is 33.7 Å². The Labute approximate surface area is 104 Å². The van der Waals surface area contributed by atoms with Crippen molar-refractivity contribution >= 4 is 21.8 Å². The van der Waals surface area contributed by atoms with Gasteiger partial charge in [0.05, 0.1) is 12.8 Å². The fourth-order valence-corrected chi connectivity index (χ4v) is 0.753. The number of hydrogen-bond acceptors (Lipinski definition) is 5. The molecule has 0 bridgehead atoms. The SMILES string of the molecule is COc1ccc(N)cc1N.O.O.O.O=S(=O)(O)O. The third kappa shape index (κ3) is 14.4. The monoisotopic (exact) mass is 290 g/mol. The summed E-state index contributed by atoms with van der Waals surface area (Å²) in [5.74, 6) is 0.661. The number of benzene rings is 1. The van der Waals surface area contributed by atoms with Crippen LogP contribution < -0.4 is 16.2 Å². The lowest BCUT2D eigenvalue weighted by Gasteiger charge is -2.03. The molecule has 11 heteroatoms. The molecule has 18 heavy (non-hydrogen) atoms. The van der Waals surface area contributed by atoms with Gasteiger partial charge in [0.2, 0.25) is 0 Å². The number of nitrogens with two attached hydrogens (primary N) is 2. The second kappa shape index (κ2) is 10.5. The van der Waals surface area contributed by atoms with Crippen molar-refractivity contribution in [2.24, 2.45) is 0 Å². The average molecular weight is 290 g/mol. The zero-order chi connectivity index (χ0) is 12.1. The van der Waals surface area contributed by atoms with Gasteiger partial charge in [0.1, 0.15) is 5.75 Å². The Bertz CT molecular complexity index is 413. The minimum absolute atomic E-state index is 0. The van der Waals surface area contributed by atoms with E-state index in [2.05, 4.69) is 0 Å². The molecule has 0 aromatic heterocycles. The molecule has 0 saturated carbocycles. The molecular formula is C7H18N2O8S. The molecule has 12 N–H and O–H groups in total. The summed E-state index contributed by atoms with van der Waals surface area (Å²) in [6, 6.07) is 5.15. The molecule has 0 aliphatic carbocycles. The largest absolute Gasteiger partial charge is 0.495 e. The first-order valence-electron chi connectivity index (χ1n) is 3.63. The van der Waals surface area contributed by atoms with Gasteiger partial charge in [0.15, 0.2) is 0 Å². The summed E-state index contributed by atoms with van der Waals surface area (Å²) in [5.41, 5.74) is 12.2. The van der Waals surface area contributed by atoms with Crippen LogP contribution in [0.25, 0.3) is 0 Å². The average Bonchev–Trinajstić information content (AvgIpc) is 2.01. The van der Waals surface area contributed by atoms with Crippen molar-refractivity contribution in [2.75, 3.05) is 18.6 Å². The third-order valence-electron chi connectivity index (χ3n) is 1.25. The summed E-state index contributed by atoms with van der Waals surface area (Å²) >= 11 is 0. The van der Waals surface area contributed by atoms with Crippen LogP contribution >= 0.6 is 0 Å². The molecule has 0 heterocycles. The van der Waals surface area contributed by atoms with Crippen molar-refractivity contribution in [3.8, 4) is 5.75 Å². The van der Waals surface area contributed by atoms with Crippen molar-refractivity contribution in [1.82, 2.24) is 0 Å². The van der Waals surface area contributed by atoms with E-state index in [0.29, 0.717) is 17.1 Å². The zero-order valence-corrected chi connectivity index (χ0v) is 10.2. The maximum absolute atomic E-state index is 8.74. The van der Waals surface area contributed by atoms with Crippen LogP contribution in [0.3, 0.4) is 0 Å². The van der Waals surface area contributed by atoms with Crippen molar-refractivity contribution in [3.05, 3.63) is 18.2 Å². The quantitative estimate of drug-likeness (QED) is 0.326. The van der Waals surface area contributed by atoms with Crippen LogP contribution in [0.4, 0.5) is 11.4 Å². The number of hydrogen-bond donors (Lipinski definition) is 4. The number of ether oxygens (including phenoxy) is 1. The van der Waals surface area contributed by atoms with E-state index in [0.717, 1.165) is 0 Å². The molecule has 0 amide bonds. The van der Waals surface area contributed by atoms with Gasteiger partial charge in [-0.3, -0.25) is 9.11 Å². The standard InChI is InChI=1S/C7H10N2O.H2O4S.3H2O/c1-10-7-3-2-5(8)4-6(7)9;1-5(2,3)4;;;/h2-4H,8-9H2,1H3;(H2,1,2,3,4);3*1H2. The predicted octanol–water partition coefficient (Wildman–Crippen LogP) is -2.27. The number of rotatable bonds is 1. The second-order valence-electron chi connectivity index (χ2n) is 2.45. The topological polar surface area (TPSA) is 230 Å². The summed E-state index contributed by atoms with van der Waals surface area (Å²) < 4.78 is 36.5. The Morgan fingerprint density at radius 3 is 1.78 bits per heavy atom. The number of methoxy groups -OCH3 is 1. The Morgan fingerprint density at radius 2 is 1.50 bits per heavy atom. The second-order valence-corrected chi connectivity index (χ2v) is 3.34. The highest BCUT2D eigenvalue weighted by atomic mass is 32.3. The van der Waals surface area contributed by atoms with E-state index < -0.39 is 10.4 Å². The number of nitrogen functional groups attached to an aromatic ring is 2. The molecule has 0 atom stereocenters. The van der Waals surface area contributed by atoms with E-state index in [1.165, 1.54) is 0 Å². The minimum atomic E-state index is -4.67. The van der Waals surface area contributed by atoms with Crippen LogP contribution in [-0.2, 0) is 10.4 Å². The molecule has 0 fully saturated rings. The lowest BCUT2D eigenvalue weighted by atomic mass is 10.2. The van der Waals surface area contributed by atoms with E-state index in [1.54, 1.807) is 25.3 Å². The van der Waals surface area contributed by atoms with Crippen LogP contribution in [0.15, 0.2) is 18.2 Å². The summed E-state index contributed by atoms with van der Waals surface area (Å²) in [7, 11) is -3.10. The van der Waals surface area contributed by atoms with E-state index in [1.807, 2.05) is 0 Å². The fraction of sp³-hybridized carbons (Fsp3) is 0.143. The third-order valence-corrected chi connectivity index (χ3v) is 1.25. The molecule has 1 aromatic carbocycles. The van der Waals surface area contributed by atoms with Gasteiger partial charge < -0.3 is 32.6 Å². The summed E-state index contributed by atoms with van der Waals surface area (Å²) in [6.45, 7) is 0. The lowest BCUT2D eigenvalue weighted by molar-refractivity contribution is 0.381. The van der Waals surface area contributed by atoms with Gasteiger partial charge in [-0.05, 0) is 18.2 Å². The Kier molecular flexibility index (Phi) is 14.8. The molecule has 10 nitrogen and oxygen atoms in total. The fourth-order valence-electron chi connectivity index (χ4n) is 0.753. The van der Waals surface area contributed by atoms with E-state index in [9.17, 15) is 0 Å².